The van der Waals surface area contributed by atoms with E-state index in [-0.39, 0.29) is 24.7 Å². The largest absolute Gasteiger partial charge is 0.465 e. The number of rotatable bonds is 7. The Bertz CT molecular complexity index is 1140. The van der Waals surface area contributed by atoms with Crippen molar-refractivity contribution in [2.45, 2.75) is 32.4 Å². The van der Waals surface area contributed by atoms with Crippen LogP contribution in [0.25, 0.3) is 5.69 Å². The highest BCUT2D eigenvalue weighted by Gasteiger charge is 2.41. The maximum Gasteiger partial charge on any atom is 0.337 e. The number of carbonyl (C=O) groups is 1. The Morgan fingerprint density at radius 1 is 1.21 bits per heavy atom. The molecule has 7 nitrogen and oxygen atoms in total. The number of methoxy groups -OCH3 is 1. The first-order valence-electron chi connectivity index (χ1n) is 10.9. The quantitative estimate of drug-likeness (QED) is 0.408. The molecule has 0 radical (unpaired) electrons. The maximum atomic E-state index is 11.8. The fourth-order valence-corrected chi connectivity index (χ4v) is 4.91. The van der Waals surface area contributed by atoms with Crippen molar-refractivity contribution in [3.8, 4) is 5.69 Å². The zero-order valence-corrected chi connectivity index (χ0v) is 19.8. The van der Waals surface area contributed by atoms with E-state index in [1.807, 2.05) is 30.3 Å². The summed E-state index contributed by atoms with van der Waals surface area (Å²) in [5.74, 6) is -0.355. The number of esters is 1. The molecular weight excluding hydrogens is 436 g/mol. The molecule has 0 unspecified atom stereocenters. The average molecular weight is 465 g/mol. The van der Waals surface area contributed by atoms with Gasteiger partial charge in [0.05, 0.1) is 30.5 Å². The summed E-state index contributed by atoms with van der Waals surface area (Å²) in [4.78, 5) is 18.6. The summed E-state index contributed by atoms with van der Waals surface area (Å²) in [5, 5.41) is 13.6. The Balaban J connectivity index is 1.77. The number of aliphatic hydroxyl groups is 1. The van der Waals surface area contributed by atoms with E-state index < -0.39 is 0 Å². The smallest absolute Gasteiger partial charge is 0.337 e. The van der Waals surface area contributed by atoms with E-state index in [1.54, 1.807) is 18.3 Å². The van der Waals surface area contributed by atoms with Gasteiger partial charge in [-0.2, -0.15) is 0 Å². The van der Waals surface area contributed by atoms with Crippen molar-refractivity contribution in [2.24, 2.45) is 0 Å². The van der Waals surface area contributed by atoms with Crippen LogP contribution in [-0.2, 0) is 4.74 Å². The summed E-state index contributed by atoms with van der Waals surface area (Å²) in [5.41, 5.74) is 5.71. The second-order valence-electron chi connectivity index (χ2n) is 8.10. The highest BCUT2D eigenvalue weighted by Crippen LogP contribution is 2.41. The normalized spacial score (nSPS) is 17.8. The molecule has 33 heavy (non-hydrogen) atoms. The molecule has 2 aromatic heterocycles. The summed E-state index contributed by atoms with van der Waals surface area (Å²) in [6.07, 6.45) is 2.42. The fourth-order valence-electron chi connectivity index (χ4n) is 4.57. The van der Waals surface area contributed by atoms with Crippen LogP contribution >= 0.6 is 12.2 Å². The van der Waals surface area contributed by atoms with Gasteiger partial charge >= 0.3 is 5.97 Å². The highest BCUT2D eigenvalue weighted by molar-refractivity contribution is 7.80. The van der Waals surface area contributed by atoms with Gasteiger partial charge < -0.3 is 24.6 Å². The number of nitrogens with zero attached hydrogens (tertiary/aromatic N) is 3. The average Bonchev–Trinajstić information content (AvgIpc) is 3.32. The third kappa shape index (κ3) is 4.36. The van der Waals surface area contributed by atoms with Crippen LogP contribution in [0, 0.1) is 13.8 Å². The minimum atomic E-state index is -0.355. The summed E-state index contributed by atoms with van der Waals surface area (Å²) in [7, 11) is 1.38. The lowest BCUT2D eigenvalue weighted by atomic mass is 9.96. The van der Waals surface area contributed by atoms with E-state index in [2.05, 4.69) is 39.7 Å². The molecule has 1 fully saturated rings. The van der Waals surface area contributed by atoms with Gasteiger partial charge in [-0.05, 0) is 80.5 Å². The van der Waals surface area contributed by atoms with Gasteiger partial charge in [-0.3, -0.25) is 4.98 Å². The number of hydrogen-bond acceptors (Lipinski definition) is 5. The van der Waals surface area contributed by atoms with Crippen molar-refractivity contribution in [2.75, 3.05) is 20.3 Å². The van der Waals surface area contributed by atoms with Gasteiger partial charge in [0.25, 0.3) is 0 Å². The van der Waals surface area contributed by atoms with Crippen molar-refractivity contribution in [3.63, 3.8) is 0 Å². The fraction of sp³-hybridized carbons (Fsp3) is 0.320. The van der Waals surface area contributed by atoms with E-state index >= 15 is 0 Å². The van der Waals surface area contributed by atoms with Crippen LogP contribution in [0.15, 0.2) is 54.7 Å². The van der Waals surface area contributed by atoms with Gasteiger partial charge in [-0.15, -0.1) is 0 Å². The number of aryl methyl sites for hydroxylation is 1. The van der Waals surface area contributed by atoms with Crippen molar-refractivity contribution in [1.82, 2.24) is 19.8 Å². The molecule has 1 aliphatic heterocycles. The summed E-state index contributed by atoms with van der Waals surface area (Å²) in [6, 6.07) is 15.3. The third-order valence-corrected chi connectivity index (χ3v) is 6.44. The zero-order valence-electron chi connectivity index (χ0n) is 19.0. The SMILES string of the molecule is COC(=O)c1ccc(-n2c(C)cc([C@@H]3[C@H](c4ccccn4)NC(=S)N3CCCO)c2C)cc1. The van der Waals surface area contributed by atoms with Crippen LogP contribution in [0.2, 0.25) is 0 Å². The molecule has 0 spiro atoms. The summed E-state index contributed by atoms with van der Waals surface area (Å²) in [6.45, 7) is 4.91. The number of hydrogen-bond donors (Lipinski definition) is 2. The molecule has 8 heteroatoms. The molecule has 3 heterocycles. The number of nitrogens with one attached hydrogen (secondary N) is 1. The predicted octanol–water partition coefficient (Wildman–Crippen LogP) is 3.63. The van der Waals surface area contributed by atoms with Crippen molar-refractivity contribution in [3.05, 3.63) is 82.9 Å². The molecule has 4 rings (SSSR count). The first kappa shape index (κ1) is 22.9. The Hall–Kier alpha value is -3.23. The Morgan fingerprint density at radius 3 is 2.61 bits per heavy atom. The first-order chi connectivity index (χ1) is 16.0. The van der Waals surface area contributed by atoms with Crippen LogP contribution in [0.3, 0.4) is 0 Å². The number of aromatic nitrogens is 2. The lowest BCUT2D eigenvalue weighted by Crippen LogP contribution is -2.31. The zero-order chi connectivity index (χ0) is 23.5. The number of benzene rings is 1. The summed E-state index contributed by atoms with van der Waals surface area (Å²) >= 11 is 5.69. The lowest BCUT2D eigenvalue weighted by Gasteiger charge is -2.28. The van der Waals surface area contributed by atoms with Gasteiger partial charge in [0.2, 0.25) is 0 Å². The minimum absolute atomic E-state index is 0.0618. The van der Waals surface area contributed by atoms with E-state index in [9.17, 15) is 9.90 Å². The number of ether oxygens (including phenoxy) is 1. The molecule has 1 aromatic carbocycles. The minimum Gasteiger partial charge on any atom is -0.465 e. The molecular formula is C25H28N4O3S. The van der Waals surface area contributed by atoms with E-state index in [1.165, 1.54) is 7.11 Å². The van der Waals surface area contributed by atoms with Gasteiger partial charge in [0.1, 0.15) is 0 Å². The predicted molar refractivity (Wildman–Crippen MR) is 130 cm³/mol. The molecule has 1 aliphatic rings. The van der Waals surface area contributed by atoms with Gasteiger partial charge in [-0.25, -0.2) is 4.79 Å². The molecule has 3 aromatic rings. The molecule has 1 saturated heterocycles. The van der Waals surface area contributed by atoms with Crippen LogP contribution in [0.4, 0.5) is 0 Å². The number of thiocarbonyl (C=S) groups is 1. The Labute approximate surface area is 199 Å². The Kier molecular flexibility index (Phi) is 6.76. The van der Waals surface area contributed by atoms with E-state index in [4.69, 9.17) is 17.0 Å². The van der Waals surface area contributed by atoms with Gasteiger partial charge in [0.15, 0.2) is 5.11 Å². The number of carbonyl (C=O) groups excluding carboxylic acids is 1. The first-order valence-corrected chi connectivity index (χ1v) is 11.3. The molecule has 2 N–H and O–H groups in total. The lowest BCUT2D eigenvalue weighted by molar-refractivity contribution is 0.0600. The second-order valence-corrected chi connectivity index (χ2v) is 8.48. The van der Waals surface area contributed by atoms with E-state index in [0.717, 1.165) is 28.3 Å². The van der Waals surface area contributed by atoms with Crippen LogP contribution in [0.1, 0.15) is 51.5 Å². The summed E-state index contributed by atoms with van der Waals surface area (Å²) < 4.78 is 6.99. The van der Waals surface area contributed by atoms with Crippen LogP contribution < -0.4 is 5.32 Å². The van der Waals surface area contributed by atoms with Crippen molar-refractivity contribution in [1.29, 1.82) is 0 Å². The van der Waals surface area contributed by atoms with Crippen LogP contribution in [0.5, 0.6) is 0 Å². The maximum absolute atomic E-state index is 11.8. The van der Waals surface area contributed by atoms with Crippen molar-refractivity contribution >= 4 is 23.3 Å². The highest BCUT2D eigenvalue weighted by atomic mass is 32.1. The number of pyridine rings is 1. The molecule has 0 aliphatic carbocycles. The second kappa shape index (κ2) is 9.72. The van der Waals surface area contributed by atoms with Crippen LogP contribution in [-0.4, -0.2) is 50.9 Å². The van der Waals surface area contributed by atoms with Gasteiger partial charge in [-0.1, -0.05) is 6.07 Å². The monoisotopic (exact) mass is 464 g/mol. The van der Waals surface area contributed by atoms with Crippen molar-refractivity contribution < 1.29 is 14.6 Å². The Morgan fingerprint density at radius 2 is 1.97 bits per heavy atom. The standard InChI is InChI=1S/C25H28N4O3S/c1-16-15-20(17(2)29(16)19-10-8-18(9-11-19)24(31)32-3)23-22(21-7-4-5-12-26-21)27-25(33)28(23)13-6-14-30/h4-5,7-12,15,22-23,30H,6,13-14H2,1-3H3,(H,27,33)/t22-,23+/m0/s1. The molecule has 0 saturated carbocycles. The topological polar surface area (TPSA) is 79.6 Å². The third-order valence-electron chi connectivity index (χ3n) is 6.09. The molecule has 2 atom stereocenters. The van der Waals surface area contributed by atoms with Gasteiger partial charge in [0, 0.05) is 36.4 Å². The molecule has 0 amide bonds. The van der Waals surface area contributed by atoms with E-state index in [0.29, 0.717) is 23.6 Å². The molecule has 172 valence electrons. The number of aliphatic hydroxyl groups excluding tert-OH is 1. The molecule has 0 bridgehead atoms.